The van der Waals surface area contributed by atoms with E-state index >= 15 is 0 Å². The second-order valence-corrected chi connectivity index (χ2v) is 12.5. The Kier molecular flexibility index (Phi) is 8.70. The smallest absolute Gasteiger partial charge is 0.387 e. The third-order valence-electron chi connectivity index (χ3n) is 7.46. The van der Waals surface area contributed by atoms with Crippen LogP contribution in [0.25, 0.3) is 16.9 Å². The molecule has 2 N–H and O–H groups in total. The zero-order valence-corrected chi connectivity index (χ0v) is 23.1. The minimum atomic E-state index is -3.13. The predicted octanol–water partition coefficient (Wildman–Crippen LogP) is 4.19. The Bertz CT molecular complexity index is 1520. The number of benzene rings is 2. The predicted molar refractivity (Wildman–Crippen MR) is 150 cm³/mol. The highest BCUT2D eigenvalue weighted by molar-refractivity contribution is 7.91. The lowest BCUT2D eigenvalue weighted by Crippen LogP contribution is -2.40. The summed E-state index contributed by atoms with van der Waals surface area (Å²) in [5, 5.41) is 20.6. The molecular formula is C28H31F3N6O3S. The number of rotatable bonds is 8. The number of halogens is 3. The molecule has 0 saturated carbocycles. The zero-order valence-electron chi connectivity index (χ0n) is 22.3. The van der Waals surface area contributed by atoms with E-state index in [9.17, 15) is 21.6 Å². The summed E-state index contributed by atoms with van der Waals surface area (Å²) in [4.78, 5) is 1.80. The van der Waals surface area contributed by atoms with Crippen molar-refractivity contribution in [2.24, 2.45) is 5.92 Å². The molecule has 0 spiro atoms. The Morgan fingerprint density at radius 1 is 1.12 bits per heavy atom. The molecule has 1 atom stereocenters. The van der Waals surface area contributed by atoms with Crippen molar-refractivity contribution in [1.29, 1.82) is 5.26 Å². The van der Waals surface area contributed by atoms with E-state index in [0.29, 0.717) is 35.2 Å². The number of nitriles is 1. The van der Waals surface area contributed by atoms with Crippen LogP contribution in [-0.2, 0) is 9.84 Å². The molecule has 3 aromatic rings. The third-order valence-corrected chi connectivity index (χ3v) is 9.07. The molecule has 2 fully saturated rings. The zero-order chi connectivity index (χ0) is 29.0. The molecule has 9 nitrogen and oxygen atoms in total. The molecule has 0 radical (unpaired) electrons. The topological polar surface area (TPSA) is 112 Å². The number of hydrogen-bond donors (Lipinski definition) is 2. The van der Waals surface area contributed by atoms with Gasteiger partial charge >= 0.3 is 6.61 Å². The molecule has 2 saturated heterocycles. The van der Waals surface area contributed by atoms with Gasteiger partial charge < -0.3 is 20.3 Å². The van der Waals surface area contributed by atoms with Gasteiger partial charge in [0.1, 0.15) is 23.4 Å². The maximum absolute atomic E-state index is 14.6. The highest BCUT2D eigenvalue weighted by Gasteiger charge is 2.25. The van der Waals surface area contributed by atoms with Crippen molar-refractivity contribution in [2.75, 3.05) is 54.4 Å². The van der Waals surface area contributed by atoms with Crippen LogP contribution in [-0.4, -0.2) is 69.0 Å². The lowest BCUT2D eigenvalue weighted by Gasteiger charge is -2.29. The molecule has 2 aliphatic rings. The lowest BCUT2D eigenvalue weighted by atomic mass is 10.0. The number of alkyl halides is 2. The van der Waals surface area contributed by atoms with Gasteiger partial charge in [-0.05, 0) is 62.5 Å². The van der Waals surface area contributed by atoms with Crippen LogP contribution >= 0.6 is 0 Å². The Balaban J connectivity index is 1.53. The van der Waals surface area contributed by atoms with Crippen molar-refractivity contribution in [3.8, 4) is 28.8 Å². The molecule has 2 aromatic carbocycles. The molecule has 41 heavy (non-hydrogen) atoms. The van der Waals surface area contributed by atoms with Gasteiger partial charge in [-0.2, -0.15) is 14.0 Å². The van der Waals surface area contributed by atoms with Gasteiger partial charge in [-0.25, -0.2) is 17.5 Å². The Morgan fingerprint density at radius 2 is 1.93 bits per heavy atom. The van der Waals surface area contributed by atoms with Gasteiger partial charge in [-0.15, -0.1) is 5.10 Å². The molecule has 13 heteroatoms. The van der Waals surface area contributed by atoms with Crippen LogP contribution in [0.3, 0.4) is 0 Å². The van der Waals surface area contributed by atoms with Gasteiger partial charge in [0.25, 0.3) is 0 Å². The summed E-state index contributed by atoms with van der Waals surface area (Å²) in [7, 11) is -3.13. The summed E-state index contributed by atoms with van der Waals surface area (Å²) >= 11 is 0. The fraction of sp³-hybridized carbons (Fsp3) is 0.429. The minimum absolute atomic E-state index is 0.0283. The van der Waals surface area contributed by atoms with Crippen LogP contribution in [0, 0.1) is 23.1 Å². The molecule has 0 aliphatic carbocycles. The van der Waals surface area contributed by atoms with E-state index in [-0.39, 0.29) is 41.6 Å². The van der Waals surface area contributed by atoms with Crippen molar-refractivity contribution in [2.45, 2.75) is 25.9 Å². The molecule has 1 aromatic heterocycles. The van der Waals surface area contributed by atoms with Gasteiger partial charge in [0.15, 0.2) is 15.6 Å². The number of anilines is 2. The fourth-order valence-corrected chi connectivity index (χ4v) is 6.40. The molecule has 218 valence electrons. The number of nitrogens with one attached hydrogen (secondary N) is 2. The summed E-state index contributed by atoms with van der Waals surface area (Å²) in [6, 6.07) is 12.4. The fourth-order valence-electron chi connectivity index (χ4n) is 5.20. The van der Waals surface area contributed by atoms with Crippen LogP contribution in [0.2, 0.25) is 0 Å². The van der Waals surface area contributed by atoms with Gasteiger partial charge in [0.05, 0.1) is 22.8 Å². The van der Waals surface area contributed by atoms with Crippen LogP contribution in [0.5, 0.6) is 5.75 Å². The molecule has 0 amide bonds. The average molecular weight is 589 g/mol. The first-order valence-electron chi connectivity index (χ1n) is 13.5. The maximum atomic E-state index is 14.6. The molecule has 5 rings (SSSR count). The lowest BCUT2D eigenvalue weighted by molar-refractivity contribution is -0.0498. The Labute approximate surface area is 236 Å². The van der Waals surface area contributed by atoms with Gasteiger partial charge in [-0.1, -0.05) is 6.07 Å². The van der Waals surface area contributed by atoms with Gasteiger partial charge in [0.2, 0.25) is 0 Å². The number of aromatic nitrogens is 2. The van der Waals surface area contributed by atoms with Crippen molar-refractivity contribution < 1.29 is 26.3 Å². The number of ether oxygens (including phenoxy) is 1. The van der Waals surface area contributed by atoms with Crippen LogP contribution in [0.1, 0.15) is 24.8 Å². The molecule has 0 bridgehead atoms. The van der Waals surface area contributed by atoms with E-state index in [1.54, 1.807) is 35.2 Å². The summed E-state index contributed by atoms with van der Waals surface area (Å²) in [5.41, 5.74) is 1.43. The van der Waals surface area contributed by atoms with E-state index < -0.39 is 22.3 Å². The third kappa shape index (κ3) is 6.94. The van der Waals surface area contributed by atoms with E-state index in [1.807, 2.05) is 0 Å². The van der Waals surface area contributed by atoms with Gasteiger partial charge in [0, 0.05) is 43.0 Å². The van der Waals surface area contributed by atoms with Gasteiger partial charge in [-0.3, -0.25) is 0 Å². The first-order valence-corrected chi connectivity index (χ1v) is 15.3. The first-order chi connectivity index (χ1) is 19.7. The SMILES string of the molecule is N#Cc1ccc(-c2cc(NC[C@H]3CCCNCC3)nn2-c2ccc(N3CCS(=O)(=O)CC3)cc2OC(F)F)cc1F. The summed E-state index contributed by atoms with van der Waals surface area (Å²) in [6.45, 7) is -0.0816. The van der Waals surface area contributed by atoms with Crippen LogP contribution < -0.4 is 20.3 Å². The van der Waals surface area contributed by atoms with E-state index in [1.165, 1.54) is 22.9 Å². The summed E-state index contributed by atoms with van der Waals surface area (Å²) in [6.07, 6.45) is 3.13. The van der Waals surface area contributed by atoms with Crippen LogP contribution in [0.4, 0.5) is 24.7 Å². The molecule has 2 aliphatic heterocycles. The minimum Gasteiger partial charge on any atom is -0.432 e. The normalized spacial score (nSPS) is 19.0. The molecular weight excluding hydrogens is 557 g/mol. The highest BCUT2D eigenvalue weighted by atomic mass is 32.2. The van der Waals surface area contributed by atoms with Crippen molar-refractivity contribution in [1.82, 2.24) is 15.1 Å². The number of nitrogens with zero attached hydrogens (tertiary/aromatic N) is 4. The summed E-state index contributed by atoms with van der Waals surface area (Å²) in [5.74, 6) is -0.0196. The molecule has 0 unspecified atom stereocenters. The van der Waals surface area contributed by atoms with E-state index in [2.05, 4.69) is 15.7 Å². The maximum Gasteiger partial charge on any atom is 0.387 e. The summed E-state index contributed by atoms with van der Waals surface area (Å²) < 4.78 is 71.9. The van der Waals surface area contributed by atoms with Crippen molar-refractivity contribution in [3.05, 3.63) is 53.8 Å². The number of hydrogen-bond acceptors (Lipinski definition) is 8. The molecule has 3 heterocycles. The second kappa shape index (κ2) is 12.4. The second-order valence-electron chi connectivity index (χ2n) is 10.2. The van der Waals surface area contributed by atoms with Crippen molar-refractivity contribution >= 4 is 21.3 Å². The monoisotopic (exact) mass is 588 g/mol. The van der Waals surface area contributed by atoms with Crippen molar-refractivity contribution in [3.63, 3.8) is 0 Å². The number of sulfone groups is 1. The quantitative estimate of drug-likeness (QED) is 0.403. The van der Waals surface area contributed by atoms with E-state index in [0.717, 1.165) is 32.4 Å². The standard InChI is InChI=1S/C28H31F3N6O3S/c29-23-14-20(3-4-21(23)17-32)25-16-27(34-18-19-2-1-8-33-9-7-19)35-37(25)24-6-5-22(15-26(24)40-28(30)31)36-10-12-41(38,39)13-11-36/h3-6,14-16,19,28,33H,1-2,7-13,18H2,(H,34,35)/t19-/m0/s1. The Morgan fingerprint density at radius 3 is 2.66 bits per heavy atom. The largest absolute Gasteiger partial charge is 0.432 e. The first kappa shape index (κ1) is 28.8. The highest BCUT2D eigenvalue weighted by Crippen LogP contribution is 2.35. The Hall–Kier alpha value is -3.76. The van der Waals surface area contributed by atoms with Crippen LogP contribution in [0.15, 0.2) is 42.5 Å². The average Bonchev–Trinajstić information content (AvgIpc) is 3.18. The van der Waals surface area contributed by atoms with E-state index in [4.69, 9.17) is 10.00 Å².